The highest BCUT2D eigenvalue weighted by atomic mass is 35.5. The summed E-state index contributed by atoms with van der Waals surface area (Å²) in [7, 11) is 0. The molecule has 0 radical (unpaired) electrons. The van der Waals surface area contributed by atoms with E-state index in [9.17, 15) is 4.79 Å². The SMILES string of the molecule is C=CCNC(C)(Cc1ccc(Cl)cc1)C(=O)OCC. The molecule has 0 bridgehead atoms. The van der Waals surface area contributed by atoms with Crippen LogP contribution in [0, 0.1) is 0 Å². The maximum atomic E-state index is 12.1. The van der Waals surface area contributed by atoms with Crippen LogP contribution in [0.1, 0.15) is 19.4 Å². The highest BCUT2D eigenvalue weighted by Gasteiger charge is 2.34. The van der Waals surface area contributed by atoms with Gasteiger partial charge in [0.2, 0.25) is 0 Å². The monoisotopic (exact) mass is 281 g/mol. The zero-order valence-corrected chi connectivity index (χ0v) is 12.2. The van der Waals surface area contributed by atoms with Crippen molar-refractivity contribution in [1.29, 1.82) is 0 Å². The van der Waals surface area contributed by atoms with Crippen LogP contribution in [0.25, 0.3) is 0 Å². The number of rotatable bonds is 7. The quantitative estimate of drug-likeness (QED) is 0.617. The second kappa shape index (κ2) is 7.31. The minimum absolute atomic E-state index is 0.258. The van der Waals surface area contributed by atoms with Gasteiger partial charge in [-0.25, -0.2) is 0 Å². The van der Waals surface area contributed by atoms with Crippen molar-refractivity contribution in [2.24, 2.45) is 0 Å². The molecule has 1 unspecified atom stereocenters. The first kappa shape index (κ1) is 15.7. The molecule has 0 aromatic heterocycles. The van der Waals surface area contributed by atoms with Crippen molar-refractivity contribution in [2.45, 2.75) is 25.8 Å². The van der Waals surface area contributed by atoms with Crippen LogP contribution in [0.2, 0.25) is 5.02 Å². The summed E-state index contributed by atoms with van der Waals surface area (Å²) in [5.41, 5.74) is 0.259. The fourth-order valence-corrected chi connectivity index (χ4v) is 1.93. The molecule has 0 amide bonds. The third kappa shape index (κ3) is 4.69. The van der Waals surface area contributed by atoms with Crippen LogP contribution in [-0.4, -0.2) is 24.7 Å². The number of esters is 1. The van der Waals surface area contributed by atoms with Gasteiger partial charge in [-0.05, 0) is 31.5 Å². The lowest BCUT2D eigenvalue weighted by Gasteiger charge is -2.28. The topological polar surface area (TPSA) is 38.3 Å². The summed E-state index contributed by atoms with van der Waals surface area (Å²) in [5.74, 6) is -0.258. The molecule has 1 aromatic rings. The molecule has 0 spiro atoms. The van der Waals surface area contributed by atoms with Crippen LogP contribution in [0.15, 0.2) is 36.9 Å². The van der Waals surface area contributed by atoms with Crippen molar-refractivity contribution in [3.05, 3.63) is 47.5 Å². The molecule has 104 valence electrons. The molecule has 0 saturated carbocycles. The number of halogens is 1. The lowest BCUT2D eigenvalue weighted by Crippen LogP contribution is -2.52. The highest BCUT2D eigenvalue weighted by molar-refractivity contribution is 6.30. The van der Waals surface area contributed by atoms with Crippen molar-refractivity contribution in [3.63, 3.8) is 0 Å². The minimum atomic E-state index is -0.766. The molecule has 0 saturated heterocycles. The van der Waals surface area contributed by atoms with E-state index in [4.69, 9.17) is 16.3 Å². The minimum Gasteiger partial charge on any atom is -0.465 e. The summed E-state index contributed by atoms with van der Waals surface area (Å²) < 4.78 is 5.14. The third-order valence-electron chi connectivity index (χ3n) is 2.83. The summed E-state index contributed by atoms with van der Waals surface area (Å²) in [6.07, 6.45) is 2.26. The van der Waals surface area contributed by atoms with Gasteiger partial charge in [-0.15, -0.1) is 6.58 Å². The van der Waals surface area contributed by atoms with Gasteiger partial charge in [0.1, 0.15) is 5.54 Å². The Morgan fingerprint density at radius 2 is 2.11 bits per heavy atom. The van der Waals surface area contributed by atoms with Crippen molar-refractivity contribution in [2.75, 3.05) is 13.2 Å². The number of nitrogens with one attached hydrogen (secondary N) is 1. The van der Waals surface area contributed by atoms with Crippen LogP contribution in [0.3, 0.4) is 0 Å². The molecule has 1 atom stereocenters. The van der Waals surface area contributed by atoms with Gasteiger partial charge in [0.25, 0.3) is 0 Å². The first-order chi connectivity index (χ1) is 9.01. The van der Waals surface area contributed by atoms with E-state index in [-0.39, 0.29) is 5.97 Å². The molecular weight excluding hydrogens is 262 g/mol. The maximum absolute atomic E-state index is 12.1. The first-order valence-corrected chi connectivity index (χ1v) is 6.67. The number of hydrogen-bond donors (Lipinski definition) is 1. The van der Waals surface area contributed by atoms with Crippen molar-refractivity contribution in [1.82, 2.24) is 5.32 Å². The van der Waals surface area contributed by atoms with E-state index >= 15 is 0 Å². The summed E-state index contributed by atoms with van der Waals surface area (Å²) >= 11 is 5.86. The van der Waals surface area contributed by atoms with Gasteiger partial charge in [0.05, 0.1) is 6.61 Å². The highest BCUT2D eigenvalue weighted by Crippen LogP contribution is 2.17. The zero-order valence-electron chi connectivity index (χ0n) is 11.4. The van der Waals surface area contributed by atoms with E-state index in [2.05, 4.69) is 11.9 Å². The number of ether oxygens (including phenoxy) is 1. The molecule has 0 aliphatic rings. The number of benzene rings is 1. The van der Waals surface area contributed by atoms with E-state index in [1.807, 2.05) is 31.2 Å². The van der Waals surface area contributed by atoms with E-state index < -0.39 is 5.54 Å². The molecule has 3 nitrogen and oxygen atoms in total. The fourth-order valence-electron chi connectivity index (χ4n) is 1.81. The van der Waals surface area contributed by atoms with Gasteiger partial charge in [-0.3, -0.25) is 10.1 Å². The average molecular weight is 282 g/mol. The average Bonchev–Trinajstić information content (AvgIpc) is 2.39. The third-order valence-corrected chi connectivity index (χ3v) is 3.09. The predicted octanol–water partition coefficient (Wildman–Crippen LogP) is 2.98. The Bertz CT molecular complexity index is 430. The van der Waals surface area contributed by atoms with E-state index in [1.54, 1.807) is 13.0 Å². The van der Waals surface area contributed by atoms with E-state index in [0.717, 1.165) is 5.56 Å². The van der Waals surface area contributed by atoms with Crippen LogP contribution < -0.4 is 5.32 Å². The molecule has 1 aromatic carbocycles. The van der Waals surface area contributed by atoms with Gasteiger partial charge in [0, 0.05) is 18.0 Å². The maximum Gasteiger partial charge on any atom is 0.326 e. The number of carbonyl (C=O) groups is 1. The summed E-state index contributed by atoms with van der Waals surface area (Å²) in [5, 5.41) is 3.85. The summed E-state index contributed by atoms with van der Waals surface area (Å²) in [4.78, 5) is 12.1. The standard InChI is InChI=1S/C15H20ClNO2/c1-4-10-17-15(3,14(18)19-5-2)11-12-6-8-13(16)9-7-12/h4,6-9,17H,1,5,10-11H2,2-3H3. The van der Waals surface area contributed by atoms with Crippen molar-refractivity contribution in [3.8, 4) is 0 Å². The Labute approximate surface area is 119 Å². The molecule has 4 heteroatoms. The molecule has 19 heavy (non-hydrogen) atoms. The number of hydrogen-bond acceptors (Lipinski definition) is 3. The summed E-state index contributed by atoms with van der Waals surface area (Å²) in [6, 6.07) is 7.46. The van der Waals surface area contributed by atoms with Gasteiger partial charge in [-0.2, -0.15) is 0 Å². The van der Waals surface area contributed by atoms with Crippen LogP contribution in [-0.2, 0) is 16.0 Å². The van der Waals surface area contributed by atoms with Crippen LogP contribution in [0.4, 0.5) is 0 Å². The van der Waals surface area contributed by atoms with E-state index in [1.165, 1.54) is 0 Å². The van der Waals surface area contributed by atoms with Gasteiger partial charge < -0.3 is 4.74 Å². The Morgan fingerprint density at radius 1 is 1.47 bits per heavy atom. The smallest absolute Gasteiger partial charge is 0.326 e. The first-order valence-electron chi connectivity index (χ1n) is 6.29. The second-order valence-electron chi connectivity index (χ2n) is 4.53. The molecule has 0 heterocycles. The zero-order chi connectivity index (χ0) is 14.3. The van der Waals surface area contributed by atoms with Gasteiger partial charge in [-0.1, -0.05) is 29.8 Å². The Balaban J connectivity index is 2.86. The van der Waals surface area contributed by atoms with Gasteiger partial charge in [0.15, 0.2) is 0 Å². The largest absolute Gasteiger partial charge is 0.465 e. The lowest BCUT2D eigenvalue weighted by atomic mass is 9.92. The van der Waals surface area contributed by atoms with Crippen molar-refractivity contribution < 1.29 is 9.53 Å². The molecular formula is C15H20ClNO2. The second-order valence-corrected chi connectivity index (χ2v) is 4.96. The van der Waals surface area contributed by atoms with Crippen LogP contribution in [0.5, 0.6) is 0 Å². The normalized spacial score (nSPS) is 13.6. The predicted molar refractivity (Wildman–Crippen MR) is 78.4 cm³/mol. The Kier molecular flexibility index (Phi) is 6.06. The molecule has 0 aliphatic carbocycles. The molecule has 1 rings (SSSR count). The Morgan fingerprint density at radius 3 is 2.63 bits per heavy atom. The number of carbonyl (C=O) groups excluding carboxylic acids is 1. The lowest BCUT2D eigenvalue weighted by molar-refractivity contribution is -0.150. The van der Waals surface area contributed by atoms with Crippen LogP contribution >= 0.6 is 11.6 Å². The molecule has 1 N–H and O–H groups in total. The van der Waals surface area contributed by atoms with E-state index in [0.29, 0.717) is 24.6 Å². The molecule has 0 fully saturated rings. The molecule has 0 aliphatic heterocycles. The van der Waals surface area contributed by atoms with Crippen molar-refractivity contribution >= 4 is 17.6 Å². The van der Waals surface area contributed by atoms with Gasteiger partial charge >= 0.3 is 5.97 Å². The Hall–Kier alpha value is -1.32. The fraction of sp³-hybridized carbons (Fsp3) is 0.400. The summed E-state index contributed by atoms with van der Waals surface area (Å²) in [6.45, 7) is 8.20.